The number of nitrogens with zero attached hydrogens (tertiary/aromatic N) is 1. The summed E-state index contributed by atoms with van der Waals surface area (Å²) in [5.74, 6) is 0. The van der Waals surface area contributed by atoms with Crippen LogP contribution in [0.1, 0.15) is 75.0 Å². The van der Waals surface area contributed by atoms with E-state index in [0.717, 1.165) is 17.1 Å². The van der Waals surface area contributed by atoms with Crippen molar-refractivity contribution in [2.45, 2.75) is 78.1 Å². The fraction of sp³-hybridized carbons (Fsp3) is 0.222. The average Bonchev–Trinajstić information content (AvgIpc) is 4.16. The van der Waals surface area contributed by atoms with E-state index in [0.29, 0.717) is 0 Å². The number of anilines is 3. The van der Waals surface area contributed by atoms with Gasteiger partial charge in [-0.25, -0.2) is 0 Å². The molecule has 6 aromatic heterocycles. The second kappa shape index (κ2) is 20.2. The smallest absolute Gasteiger partial charge is 0.0462 e. The van der Waals surface area contributed by atoms with Crippen LogP contribution in [0.4, 0.5) is 17.1 Å². The van der Waals surface area contributed by atoms with E-state index in [1.54, 1.807) is 11.3 Å². The maximum Gasteiger partial charge on any atom is 0.0462 e. The summed E-state index contributed by atoms with van der Waals surface area (Å²) in [6.07, 6.45) is 12.8. The van der Waals surface area contributed by atoms with Gasteiger partial charge in [0.25, 0.3) is 0 Å². The van der Waals surface area contributed by atoms with E-state index >= 15 is 0 Å². The Hall–Kier alpha value is -4.34. The van der Waals surface area contributed by atoms with Gasteiger partial charge in [0.15, 0.2) is 0 Å². The highest BCUT2D eigenvalue weighted by atomic mass is 32.1. The van der Waals surface area contributed by atoms with Gasteiger partial charge < -0.3 is 4.90 Å². The highest BCUT2D eigenvalue weighted by Gasteiger charge is 2.16. The first kappa shape index (κ1) is 42.0. The van der Waals surface area contributed by atoms with Crippen LogP contribution in [0.2, 0.25) is 0 Å². The predicted molar refractivity (Wildman–Crippen MR) is 277 cm³/mol. The number of hydrogen-bond acceptors (Lipinski definition) is 7. The molecule has 0 saturated carbocycles. The third kappa shape index (κ3) is 10.1. The lowest BCUT2D eigenvalue weighted by Gasteiger charge is -2.26. The zero-order valence-electron chi connectivity index (χ0n) is 34.9. The normalized spacial score (nSPS) is 11.4. The maximum atomic E-state index is 2.40. The molecule has 0 radical (unpaired) electrons. The first-order valence-electron chi connectivity index (χ1n) is 21.7. The molecule has 0 fully saturated rings. The van der Waals surface area contributed by atoms with Crippen LogP contribution in [-0.2, 0) is 12.8 Å². The van der Waals surface area contributed by atoms with Crippen molar-refractivity contribution in [3.63, 3.8) is 0 Å². The molecule has 0 spiro atoms. The Bertz CT molecular complexity index is 2620. The number of rotatable bonds is 19. The lowest BCUT2D eigenvalue weighted by atomic mass is 10.1. The molecule has 0 aliphatic heterocycles. The Morgan fingerprint density at radius 1 is 0.328 bits per heavy atom. The summed E-state index contributed by atoms with van der Waals surface area (Å²) in [6, 6.07) is 54.8. The van der Waals surface area contributed by atoms with Crippen LogP contribution in [0, 0.1) is 0 Å². The van der Waals surface area contributed by atoms with Crippen molar-refractivity contribution < 1.29 is 0 Å². The minimum Gasteiger partial charge on any atom is -0.311 e. The van der Waals surface area contributed by atoms with Crippen LogP contribution >= 0.6 is 68.0 Å². The van der Waals surface area contributed by atoms with Gasteiger partial charge in [0.1, 0.15) is 0 Å². The average molecular weight is 906 g/mol. The van der Waals surface area contributed by atoms with Crippen LogP contribution in [0.25, 0.3) is 60.6 Å². The fourth-order valence-corrected chi connectivity index (χ4v) is 14.0. The van der Waals surface area contributed by atoms with Gasteiger partial charge >= 0.3 is 0 Å². The van der Waals surface area contributed by atoms with Crippen LogP contribution in [0.3, 0.4) is 0 Å². The Morgan fingerprint density at radius 2 is 0.689 bits per heavy atom. The molecule has 308 valence electrons. The first-order chi connectivity index (χ1) is 30.1. The van der Waals surface area contributed by atoms with Gasteiger partial charge in [0.05, 0.1) is 0 Å². The van der Waals surface area contributed by atoms with Gasteiger partial charge in [-0.05, 0) is 151 Å². The second-order valence-corrected chi connectivity index (χ2v) is 22.1. The summed E-state index contributed by atoms with van der Waals surface area (Å²) < 4.78 is 0. The Labute approximate surface area is 386 Å². The number of unbranched alkanes of at least 4 members (excludes halogenated alkanes) is 6. The zero-order valence-corrected chi connectivity index (χ0v) is 39.8. The van der Waals surface area contributed by atoms with E-state index in [4.69, 9.17) is 0 Å². The van der Waals surface area contributed by atoms with Crippen LogP contribution in [0.15, 0.2) is 151 Å². The largest absolute Gasteiger partial charge is 0.311 e. The minimum atomic E-state index is 1.15. The quantitative estimate of drug-likeness (QED) is 0.0731. The third-order valence-electron chi connectivity index (χ3n) is 11.2. The summed E-state index contributed by atoms with van der Waals surface area (Å²) in [5, 5.41) is 2.15. The molecular weight excluding hydrogens is 855 g/mol. The van der Waals surface area contributed by atoms with Gasteiger partial charge in [-0.1, -0.05) is 94.8 Å². The van der Waals surface area contributed by atoms with Crippen LogP contribution in [-0.4, -0.2) is 0 Å². The van der Waals surface area contributed by atoms with E-state index in [1.807, 2.05) is 56.7 Å². The molecule has 1 nitrogen and oxygen atoms in total. The van der Waals surface area contributed by atoms with E-state index in [1.165, 1.54) is 135 Å². The van der Waals surface area contributed by atoms with Crippen molar-refractivity contribution in [3.8, 4) is 60.6 Å². The fourth-order valence-electron chi connectivity index (χ4n) is 7.81. The van der Waals surface area contributed by atoms with E-state index in [2.05, 4.69) is 170 Å². The molecule has 0 N–H and O–H groups in total. The molecule has 3 aromatic carbocycles. The van der Waals surface area contributed by atoms with Crippen molar-refractivity contribution >= 4 is 85.1 Å². The molecule has 0 saturated heterocycles. The second-order valence-electron chi connectivity index (χ2n) is 15.6. The Morgan fingerprint density at radius 3 is 1.08 bits per heavy atom. The molecule has 9 rings (SSSR count). The van der Waals surface area contributed by atoms with Crippen molar-refractivity contribution in [2.24, 2.45) is 0 Å². The van der Waals surface area contributed by atoms with Gasteiger partial charge in [0, 0.05) is 70.7 Å². The number of benzene rings is 3. The highest BCUT2D eigenvalue weighted by Crippen LogP contribution is 2.45. The van der Waals surface area contributed by atoms with Crippen molar-refractivity contribution in [3.05, 3.63) is 161 Å². The standard InChI is InChI=1S/C54H51NS6/c1-3-5-7-9-12-44-27-29-46(57-44)38-15-21-41(22-16-38)55(42-23-17-39(18-24-42)47-30-28-45(58-47)13-10-8-6-4-2)43-25-19-40(20-26-43)48-31-32-51(59-48)52-35-36-54(61-52)53-34-33-50(60-53)49-14-11-37-56-49/h11,14-37H,3-10,12-13H2,1-2H3. The van der Waals surface area contributed by atoms with Crippen molar-refractivity contribution in [2.75, 3.05) is 4.90 Å². The number of hydrogen-bond donors (Lipinski definition) is 0. The highest BCUT2D eigenvalue weighted by molar-refractivity contribution is 7.28. The molecular formula is C54H51NS6. The van der Waals surface area contributed by atoms with E-state index in [9.17, 15) is 0 Å². The zero-order chi connectivity index (χ0) is 41.4. The molecule has 0 unspecified atom stereocenters. The SMILES string of the molecule is CCCCCCc1ccc(-c2ccc(N(c3ccc(-c4ccc(CCCCCC)s4)cc3)c3ccc(-c4ccc(-c5ccc(-c6ccc(-c7cccs7)s6)s5)s4)cc3)cc2)s1. The number of thiophene rings is 6. The summed E-state index contributed by atoms with van der Waals surface area (Å²) in [7, 11) is 0. The first-order valence-corrected chi connectivity index (χ1v) is 26.7. The van der Waals surface area contributed by atoms with Crippen LogP contribution in [0.5, 0.6) is 0 Å². The molecule has 6 heterocycles. The molecule has 0 aliphatic carbocycles. The van der Waals surface area contributed by atoms with Crippen LogP contribution < -0.4 is 4.90 Å². The minimum absolute atomic E-state index is 1.15. The van der Waals surface area contributed by atoms with Crippen molar-refractivity contribution in [1.29, 1.82) is 0 Å². The maximum absolute atomic E-state index is 2.40. The molecule has 7 heteroatoms. The summed E-state index contributed by atoms with van der Waals surface area (Å²) in [4.78, 5) is 17.4. The Balaban J connectivity index is 0.951. The summed E-state index contributed by atoms with van der Waals surface area (Å²) >= 11 is 11.4. The lowest BCUT2D eigenvalue weighted by molar-refractivity contribution is 0.670. The molecule has 0 amide bonds. The lowest BCUT2D eigenvalue weighted by Crippen LogP contribution is -2.09. The molecule has 0 atom stereocenters. The van der Waals surface area contributed by atoms with Gasteiger partial charge in [-0.15, -0.1) is 68.0 Å². The molecule has 61 heavy (non-hydrogen) atoms. The monoisotopic (exact) mass is 905 g/mol. The predicted octanol–water partition coefficient (Wildman–Crippen LogP) is 19.8. The molecule has 9 aromatic rings. The third-order valence-corrected chi connectivity index (χ3v) is 18.3. The topological polar surface area (TPSA) is 3.24 Å². The number of aryl methyl sites for hydroxylation is 2. The van der Waals surface area contributed by atoms with E-state index < -0.39 is 0 Å². The summed E-state index contributed by atoms with van der Waals surface area (Å²) in [6.45, 7) is 4.56. The Kier molecular flexibility index (Phi) is 13.9. The van der Waals surface area contributed by atoms with E-state index in [-0.39, 0.29) is 0 Å². The summed E-state index contributed by atoms with van der Waals surface area (Å²) in [5.41, 5.74) is 7.28. The van der Waals surface area contributed by atoms with Gasteiger partial charge in [0.2, 0.25) is 0 Å². The van der Waals surface area contributed by atoms with Crippen molar-refractivity contribution in [1.82, 2.24) is 0 Å². The van der Waals surface area contributed by atoms with Gasteiger partial charge in [-0.2, -0.15) is 0 Å². The van der Waals surface area contributed by atoms with Gasteiger partial charge in [-0.3, -0.25) is 0 Å². The molecule has 0 bridgehead atoms. The molecule has 0 aliphatic rings.